The van der Waals surface area contributed by atoms with Gasteiger partial charge in [0.15, 0.2) is 11.5 Å². The van der Waals surface area contributed by atoms with Crippen LogP contribution < -0.4 is 11.3 Å². The summed E-state index contributed by atoms with van der Waals surface area (Å²) in [6.07, 6.45) is 1.37. The molecule has 0 aliphatic carbocycles. The van der Waals surface area contributed by atoms with Gasteiger partial charge < -0.3 is 10.2 Å². The number of nitrogens with two attached hydrogens (primary N) is 1. The molecule has 0 bridgehead atoms. The summed E-state index contributed by atoms with van der Waals surface area (Å²) >= 11 is 1.53. The summed E-state index contributed by atoms with van der Waals surface area (Å²) in [5, 5.41) is 9.90. The van der Waals surface area contributed by atoms with Crippen LogP contribution in [0.25, 0.3) is 22.4 Å². The Bertz CT molecular complexity index is 738. The Hall–Kier alpha value is -2.22. The Balaban J connectivity index is 2.06. The Morgan fingerprint density at radius 2 is 2.11 bits per heavy atom. The van der Waals surface area contributed by atoms with Gasteiger partial charge in [0.2, 0.25) is 0 Å². The normalized spacial score (nSPS) is 10.8. The minimum absolute atomic E-state index is 0.201. The predicted octanol–water partition coefficient (Wildman–Crippen LogP) is 0.940. The highest BCUT2D eigenvalue weighted by Crippen LogP contribution is 2.30. The summed E-state index contributed by atoms with van der Waals surface area (Å²) in [5.41, 5.74) is 7.35. The van der Waals surface area contributed by atoms with Crippen LogP contribution in [0.1, 0.15) is 5.56 Å². The van der Waals surface area contributed by atoms with Gasteiger partial charge in [0, 0.05) is 11.8 Å². The largest absolute Gasteiger partial charge is 0.414 e. The molecule has 0 aliphatic rings. The molecule has 3 heterocycles. The summed E-state index contributed by atoms with van der Waals surface area (Å²) in [6.45, 7) is 1.98. The molecule has 2 radical (unpaired) electrons. The second-order valence-electron chi connectivity index (χ2n) is 3.87. The molecule has 0 amide bonds. The number of hydrogen-bond donors (Lipinski definition) is 1. The van der Waals surface area contributed by atoms with E-state index in [4.69, 9.17) is 18.0 Å². The van der Waals surface area contributed by atoms with Gasteiger partial charge in [0.1, 0.15) is 7.85 Å². The molecule has 6 nitrogen and oxygen atoms in total. The topological polar surface area (TPSA) is 90.7 Å². The lowest BCUT2D eigenvalue weighted by Crippen LogP contribution is -2.12. The summed E-state index contributed by atoms with van der Waals surface area (Å²) in [4.78, 5) is 8.89. The maximum absolute atomic E-state index is 5.72. The third-order valence-corrected chi connectivity index (χ3v) is 3.51. The molecule has 0 unspecified atom stereocenters. The van der Waals surface area contributed by atoms with Gasteiger partial charge in [-0.05, 0) is 23.9 Å². The zero-order valence-electron chi connectivity index (χ0n) is 9.99. The molecule has 0 fully saturated rings. The molecule has 0 saturated carbocycles. The van der Waals surface area contributed by atoms with Crippen molar-refractivity contribution in [3.63, 3.8) is 0 Å². The average Bonchev–Trinajstić information content (AvgIpc) is 3.00. The van der Waals surface area contributed by atoms with Crippen LogP contribution in [0.2, 0.25) is 0 Å². The maximum atomic E-state index is 5.72. The van der Waals surface area contributed by atoms with E-state index in [9.17, 15) is 0 Å². The molecule has 19 heavy (non-hydrogen) atoms. The van der Waals surface area contributed by atoms with E-state index in [1.54, 1.807) is 0 Å². The maximum Gasteiger partial charge on any atom is 0.270 e. The molecule has 3 rings (SSSR count). The van der Waals surface area contributed by atoms with Crippen LogP contribution in [0.15, 0.2) is 22.1 Å². The first kappa shape index (κ1) is 11.9. The summed E-state index contributed by atoms with van der Waals surface area (Å²) in [7, 11) is 5.57. The fourth-order valence-corrected chi connectivity index (χ4v) is 2.42. The number of hydrogen-bond acceptors (Lipinski definition) is 7. The summed E-state index contributed by atoms with van der Waals surface area (Å²) < 4.78 is 5.58. The average molecular weight is 269 g/mol. The van der Waals surface area contributed by atoms with Crippen LogP contribution in [0, 0.1) is 6.92 Å². The van der Waals surface area contributed by atoms with Crippen molar-refractivity contribution in [3.05, 3.63) is 23.2 Å². The first-order valence-corrected chi connectivity index (χ1v) is 6.29. The van der Waals surface area contributed by atoms with E-state index in [-0.39, 0.29) is 17.3 Å². The van der Waals surface area contributed by atoms with Gasteiger partial charge in [0.05, 0.1) is 4.88 Å². The summed E-state index contributed by atoms with van der Waals surface area (Å²) in [6, 6.07) is 1.98. The van der Waals surface area contributed by atoms with Crippen LogP contribution >= 0.6 is 11.3 Å². The van der Waals surface area contributed by atoms with Crippen LogP contribution in [-0.4, -0.2) is 28.0 Å². The molecule has 92 valence electrons. The SMILES string of the molecule is [B]c1cnc(N)c(-c2nnc(-c3sccc3C)o2)n1. The lowest BCUT2D eigenvalue weighted by molar-refractivity contribution is 0.583. The Morgan fingerprint density at radius 1 is 1.32 bits per heavy atom. The van der Waals surface area contributed by atoms with Gasteiger partial charge in [-0.2, -0.15) is 0 Å². The van der Waals surface area contributed by atoms with E-state index < -0.39 is 0 Å². The van der Waals surface area contributed by atoms with Gasteiger partial charge in [0.25, 0.3) is 11.8 Å². The first-order chi connectivity index (χ1) is 9.15. The third kappa shape index (κ3) is 2.10. The molecule has 0 saturated heterocycles. The van der Waals surface area contributed by atoms with E-state index in [0.717, 1.165) is 10.4 Å². The number of anilines is 1. The fraction of sp³-hybridized carbons (Fsp3) is 0.0909. The van der Waals surface area contributed by atoms with Gasteiger partial charge >= 0.3 is 0 Å². The smallest absolute Gasteiger partial charge is 0.270 e. The van der Waals surface area contributed by atoms with Crippen molar-refractivity contribution < 1.29 is 4.42 Å². The van der Waals surface area contributed by atoms with Crippen molar-refractivity contribution in [1.29, 1.82) is 0 Å². The number of aryl methyl sites for hydroxylation is 1. The van der Waals surface area contributed by atoms with Crippen LogP contribution in [0.3, 0.4) is 0 Å². The van der Waals surface area contributed by atoms with Crippen LogP contribution in [0.4, 0.5) is 5.82 Å². The molecule has 0 aliphatic heterocycles. The molecular weight excluding hydrogens is 261 g/mol. The summed E-state index contributed by atoms with van der Waals surface area (Å²) in [5.74, 6) is 0.846. The van der Waals surface area contributed by atoms with E-state index >= 15 is 0 Å². The van der Waals surface area contributed by atoms with E-state index in [1.165, 1.54) is 17.5 Å². The minimum Gasteiger partial charge on any atom is -0.414 e. The van der Waals surface area contributed by atoms with E-state index in [0.29, 0.717) is 11.6 Å². The predicted molar refractivity (Wildman–Crippen MR) is 73.2 cm³/mol. The molecule has 8 heteroatoms. The Kier molecular flexibility index (Phi) is 2.79. The fourth-order valence-electron chi connectivity index (χ4n) is 1.57. The van der Waals surface area contributed by atoms with Crippen molar-refractivity contribution >= 4 is 30.6 Å². The molecular formula is C11H8BN5OS. The van der Waals surface area contributed by atoms with Gasteiger partial charge in [-0.25, -0.2) is 4.98 Å². The molecule has 3 aromatic heterocycles. The third-order valence-electron chi connectivity index (χ3n) is 2.50. The highest BCUT2D eigenvalue weighted by molar-refractivity contribution is 7.13. The lowest BCUT2D eigenvalue weighted by Gasteiger charge is -1.99. The molecule has 3 aromatic rings. The molecule has 2 N–H and O–H groups in total. The van der Waals surface area contributed by atoms with Crippen molar-refractivity contribution in [2.24, 2.45) is 0 Å². The number of rotatable bonds is 2. The number of aromatic nitrogens is 4. The van der Waals surface area contributed by atoms with Gasteiger partial charge in [-0.1, -0.05) is 0 Å². The quantitative estimate of drug-likeness (QED) is 0.696. The van der Waals surface area contributed by atoms with Crippen molar-refractivity contribution in [2.45, 2.75) is 6.92 Å². The van der Waals surface area contributed by atoms with Crippen LogP contribution in [0.5, 0.6) is 0 Å². The molecule has 0 aromatic carbocycles. The second-order valence-corrected chi connectivity index (χ2v) is 4.79. The second kappa shape index (κ2) is 4.47. The van der Waals surface area contributed by atoms with E-state index in [2.05, 4.69) is 20.2 Å². The number of nitrogens with zero attached hydrogens (tertiary/aromatic N) is 4. The number of thiophene rings is 1. The lowest BCUT2D eigenvalue weighted by atomic mass is 10.1. The number of nitrogen functional groups attached to an aromatic ring is 1. The minimum atomic E-state index is 0.201. The van der Waals surface area contributed by atoms with Crippen molar-refractivity contribution in [3.8, 4) is 22.4 Å². The van der Waals surface area contributed by atoms with Crippen LogP contribution in [-0.2, 0) is 0 Å². The van der Waals surface area contributed by atoms with Gasteiger partial charge in [-0.3, -0.25) is 4.98 Å². The highest BCUT2D eigenvalue weighted by atomic mass is 32.1. The first-order valence-electron chi connectivity index (χ1n) is 5.41. The Morgan fingerprint density at radius 3 is 2.84 bits per heavy atom. The standard InChI is InChI=1S/C11H8BN5OS/c1-5-2-3-19-8(5)11-17-16-10(18-11)7-9(13)14-4-6(12)15-7/h2-4H,1H3,(H2,13,14). The van der Waals surface area contributed by atoms with Crippen molar-refractivity contribution in [1.82, 2.24) is 20.2 Å². The highest BCUT2D eigenvalue weighted by Gasteiger charge is 2.16. The Labute approximate surface area is 114 Å². The zero-order chi connectivity index (χ0) is 13.4. The monoisotopic (exact) mass is 269 g/mol. The van der Waals surface area contributed by atoms with Gasteiger partial charge in [-0.15, -0.1) is 21.5 Å². The van der Waals surface area contributed by atoms with Crippen molar-refractivity contribution in [2.75, 3.05) is 5.73 Å². The van der Waals surface area contributed by atoms with E-state index in [1.807, 2.05) is 18.4 Å². The molecule has 0 atom stereocenters. The molecule has 0 spiro atoms. The zero-order valence-corrected chi connectivity index (χ0v) is 10.8.